The van der Waals surface area contributed by atoms with Crippen molar-refractivity contribution >= 4 is 35.2 Å². The Kier molecular flexibility index (Phi) is 4.18. The van der Waals surface area contributed by atoms with Gasteiger partial charge in [0, 0.05) is 15.5 Å². The van der Waals surface area contributed by atoms with Gasteiger partial charge in [0.2, 0.25) is 0 Å². The first kappa shape index (κ1) is 12.1. The van der Waals surface area contributed by atoms with Crippen LogP contribution in [0.15, 0.2) is 58.3 Å². The van der Waals surface area contributed by atoms with Crippen LogP contribution in [0.4, 0.5) is 5.69 Å². The van der Waals surface area contributed by atoms with Gasteiger partial charge in [0.25, 0.3) is 0 Å². The maximum absolute atomic E-state index is 4.77. The Hall–Kier alpha value is -1.32. The molecule has 0 fully saturated rings. The summed E-state index contributed by atoms with van der Waals surface area (Å²) in [5, 5.41) is 3.02. The summed E-state index contributed by atoms with van der Waals surface area (Å²) in [6, 6.07) is 16.6. The summed E-state index contributed by atoms with van der Waals surface area (Å²) in [7, 11) is 0. The average Bonchev–Trinajstić information content (AvgIpc) is 2.34. The first-order valence-electron chi connectivity index (χ1n) is 5.33. The number of rotatable bonds is 4. The van der Waals surface area contributed by atoms with Crippen molar-refractivity contribution < 1.29 is 0 Å². The van der Waals surface area contributed by atoms with Gasteiger partial charge in [-0.2, -0.15) is 0 Å². The van der Waals surface area contributed by atoms with E-state index in [4.69, 9.17) is 12.2 Å². The van der Waals surface area contributed by atoms with E-state index >= 15 is 0 Å². The fourth-order valence-electron chi connectivity index (χ4n) is 1.54. The highest BCUT2D eigenvalue weighted by molar-refractivity contribution is 7.99. The summed E-state index contributed by atoms with van der Waals surface area (Å²) in [6.07, 6.45) is 0. The number of anilines is 1. The summed E-state index contributed by atoms with van der Waals surface area (Å²) < 4.78 is 0. The molecule has 0 heterocycles. The van der Waals surface area contributed by atoms with Crippen LogP contribution < -0.4 is 5.32 Å². The van der Waals surface area contributed by atoms with Crippen LogP contribution in [0.5, 0.6) is 0 Å². The lowest BCUT2D eigenvalue weighted by molar-refractivity contribution is 1.29. The molecule has 2 aromatic carbocycles. The van der Waals surface area contributed by atoms with Crippen molar-refractivity contribution in [2.24, 2.45) is 0 Å². The van der Waals surface area contributed by atoms with Crippen molar-refractivity contribution in [1.82, 2.24) is 0 Å². The Balaban J connectivity index is 2.19. The van der Waals surface area contributed by atoms with Crippen LogP contribution in [0.2, 0.25) is 0 Å². The molecule has 0 spiro atoms. The second kappa shape index (κ2) is 5.84. The summed E-state index contributed by atoms with van der Waals surface area (Å²) in [5.41, 5.74) is 3.81. The van der Waals surface area contributed by atoms with Crippen molar-refractivity contribution in [3.63, 3.8) is 0 Å². The first-order valence-corrected chi connectivity index (χ1v) is 6.62. The average molecular weight is 259 g/mol. The fraction of sp³-hybridized carbons (Fsp3) is 0.0714. The highest BCUT2D eigenvalue weighted by Crippen LogP contribution is 2.31. The van der Waals surface area contributed by atoms with Crippen LogP contribution in [0, 0.1) is 6.92 Å². The van der Waals surface area contributed by atoms with Crippen molar-refractivity contribution in [3.05, 3.63) is 54.1 Å². The highest BCUT2D eigenvalue weighted by Gasteiger charge is 2.01. The molecule has 0 unspecified atom stereocenters. The topological polar surface area (TPSA) is 12.0 Å². The lowest BCUT2D eigenvalue weighted by atomic mass is 10.2. The van der Waals surface area contributed by atoms with Crippen molar-refractivity contribution in [1.29, 1.82) is 0 Å². The van der Waals surface area contributed by atoms with Gasteiger partial charge in [0.05, 0.1) is 5.49 Å². The van der Waals surface area contributed by atoms with E-state index in [1.807, 2.05) is 12.1 Å². The number of hydrogen-bond acceptors (Lipinski definition) is 2. The molecule has 2 rings (SSSR count). The minimum Gasteiger partial charge on any atom is -0.353 e. The Bertz CT molecular complexity index is 509. The second-order valence-electron chi connectivity index (χ2n) is 3.66. The molecular formula is C14H13NS2. The van der Waals surface area contributed by atoms with E-state index in [1.165, 1.54) is 20.8 Å². The van der Waals surface area contributed by atoms with Gasteiger partial charge in [-0.1, -0.05) is 42.2 Å². The summed E-state index contributed by atoms with van der Waals surface area (Å²) in [6.45, 7) is 2.11. The van der Waals surface area contributed by atoms with Crippen LogP contribution in [0.1, 0.15) is 5.56 Å². The Labute approximate surface area is 111 Å². The maximum Gasteiger partial charge on any atom is 0.0658 e. The quantitative estimate of drug-likeness (QED) is 0.811. The predicted octanol–water partition coefficient (Wildman–Crippen LogP) is 4.52. The molecule has 0 saturated heterocycles. The van der Waals surface area contributed by atoms with Gasteiger partial charge in [-0.05, 0) is 42.8 Å². The monoisotopic (exact) mass is 259 g/mol. The van der Waals surface area contributed by atoms with Crippen molar-refractivity contribution in [3.8, 4) is 0 Å². The standard InChI is InChI=1S/C14H13NS2/c1-11-9-12(15-10-16)7-8-14(11)17-13-5-3-2-4-6-13/h2-10H,1H3,(H,15,16). The Morgan fingerprint density at radius 3 is 2.53 bits per heavy atom. The normalized spacial score (nSPS) is 9.94. The van der Waals surface area contributed by atoms with Crippen LogP contribution in [0.25, 0.3) is 0 Å². The lowest BCUT2D eigenvalue weighted by Gasteiger charge is -2.07. The molecule has 0 atom stereocenters. The van der Waals surface area contributed by atoms with E-state index in [-0.39, 0.29) is 0 Å². The molecule has 0 radical (unpaired) electrons. The van der Waals surface area contributed by atoms with Crippen LogP contribution in [-0.2, 0) is 0 Å². The molecule has 0 aliphatic heterocycles. The van der Waals surface area contributed by atoms with Crippen LogP contribution >= 0.6 is 24.0 Å². The fourth-order valence-corrected chi connectivity index (χ4v) is 2.58. The predicted molar refractivity (Wildman–Crippen MR) is 79.0 cm³/mol. The van der Waals surface area contributed by atoms with Crippen molar-refractivity contribution in [2.75, 3.05) is 5.32 Å². The van der Waals surface area contributed by atoms with E-state index < -0.39 is 0 Å². The zero-order chi connectivity index (χ0) is 12.1. The molecule has 17 heavy (non-hydrogen) atoms. The lowest BCUT2D eigenvalue weighted by Crippen LogP contribution is -1.92. The maximum atomic E-state index is 4.77. The third-order valence-corrected chi connectivity index (χ3v) is 3.68. The van der Waals surface area contributed by atoms with E-state index in [9.17, 15) is 0 Å². The highest BCUT2D eigenvalue weighted by atomic mass is 32.2. The minimum absolute atomic E-state index is 1.04. The van der Waals surface area contributed by atoms with Gasteiger partial charge < -0.3 is 5.32 Å². The molecule has 2 aromatic rings. The molecular weight excluding hydrogens is 246 g/mol. The zero-order valence-electron chi connectivity index (χ0n) is 9.51. The molecule has 86 valence electrons. The molecule has 0 aliphatic rings. The SMILES string of the molecule is Cc1cc(NC=S)ccc1Sc1ccccc1. The van der Waals surface area contributed by atoms with Crippen LogP contribution in [-0.4, -0.2) is 5.49 Å². The molecule has 0 amide bonds. The number of aryl methyl sites for hydroxylation is 1. The Morgan fingerprint density at radius 2 is 1.88 bits per heavy atom. The molecule has 0 bridgehead atoms. The number of thiocarbonyl (C=S) groups is 1. The van der Waals surface area contributed by atoms with E-state index in [0.29, 0.717) is 0 Å². The van der Waals surface area contributed by atoms with Gasteiger partial charge in [-0.15, -0.1) is 0 Å². The Morgan fingerprint density at radius 1 is 1.12 bits per heavy atom. The number of nitrogens with one attached hydrogen (secondary N) is 1. The summed E-state index contributed by atoms with van der Waals surface area (Å²) >= 11 is 6.55. The van der Waals surface area contributed by atoms with Gasteiger partial charge in [-0.3, -0.25) is 0 Å². The molecule has 0 aliphatic carbocycles. The molecule has 1 N–H and O–H groups in total. The molecule has 0 aromatic heterocycles. The largest absolute Gasteiger partial charge is 0.353 e. The summed E-state index contributed by atoms with van der Waals surface area (Å²) in [4.78, 5) is 2.53. The van der Waals surface area contributed by atoms with Gasteiger partial charge in [0.1, 0.15) is 0 Å². The smallest absolute Gasteiger partial charge is 0.0658 e. The first-order chi connectivity index (χ1) is 8.29. The third-order valence-electron chi connectivity index (χ3n) is 2.37. The van der Waals surface area contributed by atoms with Gasteiger partial charge >= 0.3 is 0 Å². The van der Waals surface area contributed by atoms with E-state index in [1.54, 1.807) is 11.8 Å². The van der Waals surface area contributed by atoms with E-state index in [2.05, 4.69) is 48.6 Å². The van der Waals surface area contributed by atoms with E-state index in [0.717, 1.165) is 5.69 Å². The number of benzene rings is 2. The van der Waals surface area contributed by atoms with Crippen molar-refractivity contribution in [2.45, 2.75) is 16.7 Å². The number of hydrogen-bond donors (Lipinski definition) is 1. The molecule has 1 nitrogen and oxygen atoms in total. The third kappa shape index (κ3) is 3.32. The van der Waals surface area contributed by atoms with Crippen LogP contribution in [0.3, 0.4) is 0 Å². The second-order valence-corrected chi connectivity index (χ2v) is 5.01. The molecule has 0 saturated carbocycles. The zero-order valence-corrected chi connectivity index (χ0v) is 11.1. The van der Waals surface area contributed by atoms with Gasteiger partial charge in [-0.25, -0.2) is 0 Å². The minimum atomic E-state index is 1.04. The molecule has 3 heteroatoms. The summed E-state index contributed by atoms with van der Waals surface area (Å²) in [5.74, 6) is 0. The van der Waals surface area contributed by atoms with Gasteiger partial charge in [0.15, 0.2) is 0 Å².